The summed E-state index contributed by atoms with van der Waals surface area (Å²) in [5.41, 5.74) is 2.23. The Bertz CT molecular complexity index is 490. The van der Waals surface area contributed by atoms with Gasteiger partial charge in [0.25, 0.3) is 0 Å². The first kappa shape index (κ1) is 17.2. The van der Waals surface area contributed by atoms with Crippen LogP contribution in [0.2, 0.25) is 0 Å². The first-order valence-corrected chi connectivity index (χ1v) is 8.51. The van der Waals surface area contributed by atoms with Crippen LogP contribution in [0.3, 0.4) is 0 Å². The SMILES string of the molecule is Cc1ccc(NCCC(=O)NCCN2CCOCC2)cc1Br. The van der Waals surface area contributed by atoms with Crippen LogP contribution in [0.25, 0.3) is 0 Å². The molecular formula is C16H24BrN3O2. The standard InChI is InChI=1S/C16H24BrN3O2/c1-13-2-3-14(12-15(13)17)18-5-4-16(21)19-6-7-20-8-10-22-11-9-20/h2-3,12,18H,4-11H2,1H3,(H,19,21). The molecule has 0 unspecified atom stereocenters. The number of benzene rings is 1. The van der Waals surface area contributed by atoms with E-state index in [1.807, 2.05) is 12.1 Å². The van der Waals surface area contributed by atoms with E-state index in [2.05, 4.69) is 44.5 Å². The van der Waals surface area contributed by atoms with Gasteiger partial charge in [-0.25, -0.2) is 0 Å². The molecule has 5 nitrogen and oxygen atoms in total. The average molecular weight is 370 g/mol. The average Bonchev–Trinajstić information content (AvgIpc) is 2.52. The van der Waals surface area contributed by atoms with Gasteiger partial charge in [-0.3, -0.25) is 9.69 Å². The van der Waals surface area contributed by atoms with Crippen molar-refractivity contribution in [2.75, 3.05) is 51.3 Å². The van der Waals surface area contributed by atoms with Crippen molar-refractivity contribution in [2.45, 2.75) is 13.3 Å². The second kappa shape index (κ2) is 9.12. The van der Waals surface area contributed by atoms with Crippen LogP contribution in [-0.2, 0) is 9.53 Å². The molecule has 1 aromatic rings. The van der Waals surface area contributed by atoms with Gasteiger partial charge >= 0.3 is 0 Å². The van der Waals surface area contributed by atoms with Gasteiger partial charge in [0, 0.05) is 49.3 Å². The largest absolute Gasteiger partial charge is 0.384 e. The number of nitrogens with one attached hydrogen (secondary N) is 2. The number of rotatable bonds is 7. The number of carbonyl (C=O) groups excluding carboxylic acids is 1. The van der Waals surface area contributed by atoms with Crippen LogP contribution in [0.4, 0.5) is 5.69 Å². The van der Waals surface area contributed by atoms with Crippen LogP contribution >= 0.6 is 15.9 Å². The summed E-state index contributed by atoms with van der Waals surface area (Å²) in [7, 11) is 0. The first-order chi connectivity index (χ1) is 10.6. The number of amides is 1. The fourth-order valence-electron chi connectivity index (χ4n) is 2.29. The van der Waals surface area contributed by atoms with E-state index in [1.54, 1.807) is 0 Å². The van der Waals surface area contributed by atoms with Crippen LogP contribution in [0, 0.1) is 6.92 Å². The van der Waals surface area contributed by atoms with E-state index in [0.717, 1.165) is 43.0 Å². The van der Waals surface area contributed by atoms with Gasteiger partial charge < -0.3 is 15.4 Å². The number of anilines is 1. The number of halogens is 1. The Morgan fingerprint density at radius 3 is 2.82 bits per heavy atom. The highest BCUT2D eigenvalue weighted by molar-refractivity contribution is 9.10. The molecule has 0 saturated carbocycles. The quantitative estimate of drug-likeness (QED) is 0.771. The first-order valence-electron chi connectivity index (χ1n) is 7.72. The van der Waals surface area contributed by atoms with Gasteiger partial charge in [-0.1, -0.05) is 22.0 Å². The summed E-state index contributed by atoms with van der Waals surface area (Å²) in [5.74, 6) is 0.0898. The van der Waals surface area contributed by atoms with Crippen molar-refractivity contribution >= 4 is 27.5 Å². The van der Waals surface area contributed by atoms with Crippen LogP contribution in [0.1, 0.15) is 12.0 Å². The number of aryl methyl sites for hydroxylation is 1. The maximum Gasteiger partial charge on any atom is 0.221 e. The van der Waals surface area contributed by atoms with Gasteiger partial charge in [0.05, 0.1) is 13.2 Å². The molecule has 0 bridgehead atoms. The zero-order valence-corrected chi connectivity index (χ0v) is 14.6. The molecule has 0 radical (unpaired) electrons. The summed E-state index contributed by atoms with van der Waals surface area (Å²) in [6.45, 7) is 7.80. The lowest BCUT2D eigenvalue weighted by atomic mass is 10.2. The maximum atomic E-state index is 11.8. The molecule has 1 aliphatic rings. The highest BCUT2D eigenvalue weighted by atomic mass is 79.9. The molecule has 0 aliphatic carbocycles. The number of hydrogen-bond donors (Lipinski definition) is 2. The summed E-state index contributed by atoms with van der Waals surface area (Å²) in [6.07, 6.45) is 0.481. The van der Waals surface area contributed by atoms with E-state index in [1.165, 1.54) is 5.56 Å². The van der Waals surface area contributed by atoms with Crippen molar-refractivity contribution in [3.8, 4) is 0 Å². The summed E-state index contributed by atoms with van der Waals surface area (Å²) in [4.78, 5) is 14.1. The summed E-state index contributed by atoms with van der Waals surface area (Å²) >= 11 is 3.51. The Balaban J connectivity index is 1.58. The minimum atomic E-state index is 0.0898. The van der Waals surface area contributed by atoms with Gasteiger partial charge in [0.1, 0.15) is 0 Å². The van der Waals surface area contributed by atoms with Crippen molar-refractivity contribution in [1.82, 2.24) is 10.2 Å². The van der Waals surface area contributed by atoms with Crippen LogP contribution < -0.4 is 10.6 Å². The smallest absolute Gasteiger partial charge is 0.221 e. The molecule has 0 atom stereocenters. The Morgan fingerprint density at radius 2 is 2.09 bits per heavy atom. The zero-order valence-electron chi connectivity index (χ0n) is 13.0. The maximum absolute atomic E-state index is 11.8. The molecule has 1 amide bonds. The zero-order chi connectivity index (χ0) is 15.8. The molecular weight excluding hydrogens is 346 g/mol. The minimum absolute atomic E-state index is 0.0898. The number of hydrogen-bond acceptors (Lipinski definition) is 4. The molecule has 0 aromatic heterocycles. The fourth-order valence-corrected chi connectivity index (χ4v) is 2.67. The van der Waals surface area contributed by atoms with Gasteiger partial charge in [0.15, 0.2) is 0 Å². The molecule has 122 valence electrons. The predicted molar refractivity (Wildman–Crippen MR) is 92.3 cm³/mol. The Labute approximate surface area is 140 Å². The summed E-state index contributed by atoms with van der Waals surface area (Å²) in [5, 5.41) is 6.23. The van der Waals surface area contributed by atoms with Crippen molar-refractivity contribution < 1.29 is 9.53 Å². The molecule has 1 saturated heterocycles. The Kier molecular flexibility index (Phi) is 7.15. The lowest BCUT2D eigenvalue weighted by Crippen LogP contribution is -2.41. The molecule has 1 aliphatic heterocycles. The molecule has 2 rings (SSSR count). The van der Waals surface area contributed by atoms with E-state index in [9.17, 15) is 4.79 Å². The van der Waals surface area contributed by atoms with Crippen molar-refractivity contribution in [3.63, 3.8) is 0 Å². The fraction of sp³-hybridized carbons (Fsp3) is 0.562. The highest BCUT2D eigenvalue weighted by Crippen LogP contribution is 2.20. The molecule has 1 aromatic carbocycles. The van der Waals surface area contributed by atoms with E-state index >= 15 is 0 Å². The molecule has 2 N–H and O–H groups in total. The molecule has 0 spiro atoms. The number of carbonyl (C=O) groups is 1. The monoisotopic (exact) mass is 369 g/mol. The topological polar surface area (TPSA) is 53.6 Å². The van der Waals surface area contributed by atoms with Crippen molar-refractivity contribution in [1.29, 1.82) is 0 Å². The number of nitrogens with zero attached hydrogens (tertiary/aromatic N) is 1. The van der Waals surface area contributed by atoms with Crippen molar-refractivity contribution in [2.24, 2.45) is 0 Å². The summed E-state index contributed by atoms with van der Waals surface area (Å²) in [6, 6.07) is 6.11. The van der Waals surface area contributed by atoms with E-state index in [0.29, 0.717) is 19.5 Å². The lowest BCUT2D eigenvalue weighted by Gasteiger charge is -2.26. The number of morpholine rings is 1. The summed E-state index contributed by atoms with van der Waals surface area (Å²) < 4.78 is 6.37. The predicted octanol–water partition coefficient (Wildman–Crippen LogP) is 2.01. The van der Waals surface area contributed by atoms with Crippen molar-refractivity contribution in [3.05, 3.63) is 28.2 Å². The molecule has 22 heavy (non-hydrogen) atoms. The third kappa shape index (κ3) is 5.94. The van der Waals surface area contributed by atoms with E-state index in [-0.39, 0.29) is 5.91 Å². The van der Waals surface area contributed by atoms with E-state index < -0.39 is 0 Å². The third-order valence-electron chi connectivity index (χ3n) is 3.71. The van der Waals surface area contributed by atoms with Crippen LogP contribution in [0.5, 0.6) is 0 Å². The minimum Gasteiger partial charge on any atom is -0.384 e. The van der Waals surface area contributed by atoms with Gasteiger partial charge in [-0.2, -0.15) is 0 Å². The van der Waals surface area contributed by atoms with Crippen LogP contribution in [0.15, 0.2) is 22.7 Å². The van der Waals surface area contributed by atoms with Gasteiger partial charge in [0.2, 0.25) is 5.91 Å². The highest BCUT2D eigenvalue weighted by Gasteiger charge is 2.10. The molecule has 1 fully saturated rings. The van der Waals surface area contributed by atoms with E-state index in [4.69, 9.17) is 4.74 Å². The third-order valence-corrected chi connectivity index (χ3v) is 4.56. The molecule has 6 heteroatoms. The van der Waals surface area contributed by atoms with Crippen LogP contribution in [-0.4, -0.2) is 56.7 Å². The molecule has 1 heterocycles. The lowest BCUT2D eigenvalue weighted by molar-refractivity contribution is -0.120. The second-order valence-electron chi connectivity index (χ2n) is 5.44. The van der Waals surface area contributed by atoms with Gasteiger partial charge in [-0.15, -0.1) is 0 Å². The number of ether oxygens (including phenoxy) is 1. The Morgan fingerprint density at radius 1 is 1.32 bits per heavy atom. The second-order valence-corrected chi connectivity index (χ2v) is 6.30. The normalized spacial score (nSPS) is 15.5. The Hall–Kier alpha value is -1.11. The van der Waals surface area contributed by atoms with Gasteiger partial charge in [-0.05, 0) is 24.6 Å².